The second-order valence-electron chi connectivity index (χ2n) is 4.55. The van der Waals surface area contributed by atoms with Crippen LogP contribution in [-0.2, 0) is 11.3 Å². The third-order valence-electron chi connectivity index (χ3n) is 2.56. The summed E-state index contributed by atoms with van der Waals surface area (Å²) in [5.74, 6) is -0.186. The predicted molar refractivity (Wildman–Crippen MR) is 73.7 cm³/mol. The number of benzene rings is 1. The van der Waals surface area contributed by atoms with Crippen molar-refractivity contribution in [1.29, 1.82) is 0 Å². The van der Waals surface area contributed by atoms with Crippen LogP contribution in [0, 0.1) is 5.82 Å². The number of nitrogens with one attached hydrogen (secondary N) is 1. The van der Waals surface area contributed by atoms with Crippen molar-refractivity contribution in [3.8, 4) is 0 Å². The van der Waals surface area contributed by atoms with E-state index in [0.29, 0.717) is 13.0 Å². The van der Waals surface area contributed by atoms with Gasteiger partial charge >= 0.3 is 0 Å². The molecule has 0 saturated carbocycles. The van der Waals surface area contributed by atoms with Crippen LogP contribution in [0.3, 0.4) is 0 Å². The molecule has 0 aromatic heterocycles. The van der Waals surface area contributed by atoms with E-state index < -0.39 is 0 Å². The quantitative estimate of drug-likeness (QED) is 0.905. The average molecular weight is 317 g/mol. The molecule has 0 aliphatic heterocycles. The fraction of sp³-hybridized carbons (Fsp3) is 0.462. The Balaban J connectivity index is 2.47. The topological polar surface area (TPSA) is 32.3 Å². The second kappa shape index (κ2) is 6.85. The molecule has 1 aromatic carbocycles. The second-order valence-corrected chi connectivity index (χ2v) is 5.47. The number of amides is 1. The molecule has 0 fully saturated rings. The summed E-state index contributed by atoms with van der Waals surface area (Å²) in [6.07, 6.45) is 0.434. The van der Waals surface area contributed by atoms with E-state index in [4.69, 9.17) is 0 Å². The molecule has 1 amide bonds. The summed E-state index contributed by atoms with van der Waals surface area (Å²) in [6.45, 7) is 2.48. The van der Waals surface area contributed by atoms with Gasteiger partial charge in [0, 0.05) is 37.6 Å². The van der Waals surface area contributed by atoms with E-state index in [0.717, 1.165) is 10.0 Å². The lowest BCUT2D eigenvalue weighted by Gasteiger charge is -2.16. The third-order valence-corrected chi connectivity index (χ3v) is 3.01. The summed E-state index contributed by atoms with van der Waals surface area (Å²) in [5.41, 5.74) is 0.853. The van der Waals surface area contributed by atoms with Crippen molar-refractivity contribution in [2.45, 2.75) is 25.9 Å². The Kier molecular flexibility index (Phi) is 5.75. The molecule has 5 heteroatoms. The van der Waals surface area contributed by atoms with Crippen molar-refractivity contribution in [3.63, 3.8) is 0 Å². The maximum absolute atomic E-state index is 13.1. The largest absolute Gasteiger partial charge is 0.349 e. The van der Waals surface area contributed by atoms with Gasteiger partial charge in [0.15, 0.2) is 0 Å². The zero-order valence-corrected chi connectivity index (χ0v) is 12.4. The molecule has 0 spiro atoms. The first-order chi connectivity index (χ1) is 8.38. The lowest BCUT2D eigenvalue weighted by molar-refractivity contribution is -0.129. The van der Waals surface area contributed by atoms with E-state index in [1.165, 1.54) is 12.1 Å². The number of carbonyl (C=O) groups excluding carboxylic acids is 1. The predicted octanol–water partition coefficient (Wildman–Crippen LogP) is 2.54. The number of hydrogen-bond donors (Lipinski definition) is 1. The monoisotopic (exact) mass is 316 g/mol. The molecule has 0 aliphatic carbocycles. The molecule has 1 N–H and O–H groups in total. The summed E-state index contributed by atoms with van der Waals surface area (Å²) in [7, 11) is 3.47. The van der Waals surface area contributed by atoms with E-state index >= 15 is 0 Å². The van der Waals surface area contributed by atoms with Crippen LogP contribution in [0.1, 0.15) is 18.9 Å². The SMILES string of the molecule is C[C@@H](CC(=O)N(C)C)NCc1cc(F)cc(Br)c1. The smallest absolute Gasteiger partial charge is 0.223 e. The Morgan fingerprint density at radius 1 is 1.44 bits per heavy atom. The van der Waals surface area contributed by atoms with Crippen LogP contribution in [0.25, 0.3) is 0 Å². The molecule has 18 heavy (non-hydrogen) atoms. The van der Waals surface area contributed by atoms with E-state index in [-0.39, 0.29) is 17.8 Å². The summed E-state index contributed by atoms with van der Waals surface area (Å²) in [4.78, 5) is 13.1. The third kappa shape index (κ3) is 5.14. The number of carbonyl (C=O) groups is 1. The molecule has 0 saturated heterocycles. The highest BCUT2D eigenvalue weighted by Crippen LogP contribution is 2.14. The van der Waals surface area contributed by atoms with Gasteiger partial charge in [-0.2, -0.15) is 0 Å². The zero-order valence-electron chi connectivity index (χ0n) is 10.8. The standard InChI is InChI=1S/C13H18BrFN2O/c1-9(4-13(18)17(2)3)16-8-10-5-11(14)7-12(15)6-10/h5-7,9,16H,4,8H2,1-3H3/t9-/m0/s1. The normalized spacial score (nSPS) is 12.3. The van der Waals surface area contributed by atoms with Gasteiger partial charge in [-0.3, -0.25) is 4.79 Å². The molecular weight excluding hydrogens is 299 g/mol. The highest BCUT2D eigenvalue weighted by molar-refractivity contribution is 9.10. The van der Waals surface area contributed by atoms with E-state index in [2.05, 4.69) is 21.2 Å². The molecule has 3 nitrogen and oxygen atoms in total. The molecule has 0 heterocycles. The molecule has 0 radical (unpaired) electrons. The van der Waals surface area contributed by atoms with Gasteiger partial charge in [-0.25, -0.2) is 4.39 Å². The molecule has 1 rings (SSSR count). The van der Waals surface area contributed by atoms with Crippen LogP contribution in [0.15, 0.2) is 22.7 Å². The maximum Gasteiger partial charge on any atom is 0.223 e. The van der Waals surface area contributed by atoms with Gasteiger partial charge in [0.25, 0.3) is 0 Å². The van der Waals surface area contributed by atoms with Crippen LogP contribution in [-0.4, -0.2) is 30.9 Å². The lowest BCUT2D eigenvalue weighted by atomic mass is 10.2. The fourth-order valence-corrected chi connectivity index (χ4v) is 2.03. The first-order valence-electron chi connectivity index (χ1n) is 5.77. The highest BCUT2D eigenvalue weighted by atomic mass is 79.9. The van der Waals surface area contributed by atoms with E-state index in [1.807, 2.05) is 13.0 Å². The van der Waals surface area contributed by atoms with Crippen molar-refractivity contribution in [3.05, 3.63) is 34.1 Å². The first-order valence-corrected chi connectivity index (χ1v) is 6.56. The summed E-state index contributed by atoms with van der Waals surface area (Å²) in [5, 5.41) is 3.20. The molecule has 100 valence electrons. The van der Waals surface area contributed by atoms with E-state index in [1.54, 1.807) is 19.0 Å². The zero-order chi connectivity index (χ0) is 13.7. The van der Waals surface area contributed by atoms with E-state index in [9.17, 15) is 9.18 Å². The fourth-order valence-electron chi connectivity index (χ4n) is 1.52. The number of rotatable bonds is 5. The summed E-state index contributed by atoms with van der Waals surface area (Å²) >= 11 is 3.25. The van der Waals surface area contributed by atoms with Crippen LogP contribution in [0.5, 0.6) is 0 Å². The van der Waals surface area contributed by atoms with Crippen LogP contribution in [0.4, 0.5) is 4.39 Å². The van der Waals surface area contributed by atoms with Gasteiger partial charge in [-0.1, -0.05) is 15.9 Å². The van der Waals surface area contributed by atoms with Crippen LogP contribution in [0.2, 0.25) is 0 Å². The van der Waals surface area contributed by atoms with Gasteiger partial charge in [-0.15, -0.1) is 0 Å². The molecule has 1 aromatic rings. The molecule has 0 unspecified atom stereocenters. The molecule has 1 atom stereocenters. The number of hydrogen-bond acceptors (Lipinski definition) is 2. The minimum atomic E-state index is -0.266. The summed E-state index contributed by atoms with van der Waals surface area (Å²) in [6, 6.07) is 4.82. The van der Waals surface area contributed by atoms with Crippen molar-refractivity contribution < 1.29 is 9.18 Å². The van der Waals surface area contributed by atoms with Gasteiger partial charge < -0.3 is 10.2 Å². The average Bonchev–Trinajstić information content (AvgIpc) is 2.25. The van der Waals surface area contributed by atoms with Gasteiger partial charge in [-0.05, 0) is 30.7 Å². The van der Waals surface area contributed by atoms with Crippen LogP contribution >= 0.6 is 15.9 Å². The maximum atomic E-state index is 13.1. The van der Waals surface area contributed by atoms with Crippen molar-refractivity contribution in [1.82, 2.24) is 10.2 Å². The minimum Gasteiger partial charge on any atom is -0.349 e. The Hall–Kier alpha value is -0.940. The minimum absolute atomic E-state index is 0.0574. The van der Waals surface area contributed by atoms with Gasteiger partial charge in [0.2, 0.25) is 5.91 Å². The molecule has 0 bridgehead atoms. The Morgan fingerprint density at radius 2 is 2.11 bits per heavy atom. The van der Waals surface area contributed by atoms with Crippen molar-refractivity contribution in [2.24, 2.45) is 0 Å². The highest BCUT2D eigenvalue weighted by Gasteiger charge is 2.10. The molecule has 0 aliphatic rings. The lowest BCUT2D eigenvalue weighted by Crippen LogP contribution is -2.32. The van der Waals surface area contributed by atoms with Crippen molar-refractivity contribution >= 4 is 21.8 Å². The summed E-state index contributed by atoms with van der Waals surface area (Å²) < 4.78 is 13.9. The van der Waals surface area contributed by atoms with Crippen molar-refractivity contribution in [2.75, 3.05) is 14.1 Å². The molecular formula is C13H18BrFN2O. The Labute approximate surface area is 115 Å². The van der Waals surface area contributed by atoms with Gasteiger partial charge in [0.05, 0.1) is 0 Å². The number of nitrogens with zero attached hydrogens (tertiary/aromatic N) is 1. The van der Waals surface area contributed by atoms with Crippen LogP contribution < -0.4 is 5.32 Å². The Morgan fingerprint density at radius 3 is 2.67 bits per heavy atom. The van der Waals surface area contributed by atoms with Gasteiger partial charge in [0.1, 0.15) is 5.82 Å². The Bertz CT molecular complexity index is 403. The number of halogens is 2. The first kappa shape index (κ1) is 15.1.